The molecule has 1 fully saturated rings. The summed E-state index contributed by atoms with van der Waals surface area (Å²) < 4.78 is 19.2. The zero-order chi connectivity index (χ0) is 17.6. The molecule has 3 rings (SSSR count). The summed E-state index contributed by atoms with van der Waals surface area (Å²) in [5, 5.41) is 0. The number of aliphatic imine (C=N–C) groups is 1. The van der Waals surface area contributed by atoms with Gasteiger partial charge in [-0.2, -0.15) is 0 Å². The van der Waals surface area contributed by atoms with Gasteiger partial charge in [-0.25, -0.2) is 4.39 Å². The molecule has 0 N–H and O–H groups in total. The van der Waals surface area contributed by atoms with Crippen LogP contribution in [0.1, 0.15) is 19.3 Å². The molecule has 5 nitrogen and oxygen atoms in total. The van der Waals surface area contributed by atoms with E-state index in [1.54, 1.807) is 23.1 Å². The van der Waals surface area contributed by atoms with Crippen LogP contribution in [0.2, 0.25) is 0 Å². The third kappa shape index (κ3) is 4.78. The molecule has 0 aromatic heterocycles. The predicted octanol–water partition coefficient (Wildman–Crippen LogP) is 2.22. The first kappa shape index (κ1) is 17.9. The number of amides is 1. The molecule has 1 aromatic carbocycles. The monoisotopic (exact) mass is 347 g/mol. The van der Waals surface area contributed by atoms with Gasteiger partial charge in [-0.15, -0.1) is 0 Å². The summed E-state index contributed by atoms with van der Waals surface area (Å²) in [7, 11) is 1.85. The summed E-state index contributed by atoms with van der Waals surface area (Å²) in [6.45, 7) is 3.86. The smallest absolute Gasteiger partial charge is 0.244 e. The number of ether oxygens (including phenoxy) is 1. The molecular weight excluding hydrogens is 321 g/mol. The van der Waals surface area contributed by atoms with Gasteiger partial charge in [0.2, 0.25) is 5.91 Å². The van der Waals surface area contributed by atoms with Gasteiger partial charge in [0.25, 0.3) is 0 Å². The van der Waals surface area contributed by atoms with Gasteiger partial charge < -0.3 is 14.5 Å². The molecule has 136 valence electrons. The third-order valence-corrected chi connectivity index (χ3v) is 5.15. The van der Waals surface area contributed by atoms with Gasteiger partial charge in [0, 0.05) is 19.8 Å². The Morgan fingerprint density at radius 3 is 2.80 bits per heavy atom. The highest BCUT2D eigenvalue weighted by molar-refractivity contribution is 5.86. The van der Waals surface area contributed by atoms with Crippen LogP contribution in [0, 0.1) is 11.7 Å². The highest BCUT2D eigenvalue weighted by atomic mass is 19.1. The van der Waals surface area contributed by atoms with Crippen molar-refractivity contribution < 1.29 is 13.9 Å². The maximum absolute atomic E-state index is 13.6. The third-order valence-electron chi connectivity index (χ3n) is 5.15. The molecule has 1 unspecified atom stereocenters. The van der Waals surface area contributed by atoms with Gasteiger partial charge in [-0.05, 0) is 50.4 Å². The predicted molar refractivity (Wildman–Crippen MR) is 95.6 cm³/mol. The molecule has 1 atom stereocenters. The van der Waals surface area contributed by atoms with Crippen LogP contribution in [0.3, 0.4) is 0 Å². The first-order valence-electron chi connectivity index (χ1n) is 8.99. The van der Waals surface area contributed by atoms with E-state index in [4.69, 9.17) is 4.74 Å². The van der Waals surface area contributed by atoms with E-state index in [2.05, 4.69) is 9.89 Å². The number of carbonyl (C=O) groups excluding carboxylic acids is 1. The van der Waals surface area contributed by atoms with Gasteiger partial charge in [0.1, 0.15) is 6.54 Å². The molecule has 0 aliphatic carbocycles. The van der Waals surface area contributed by atoms with Crippen LogP contribution >= 0.6 is 0 Å². The number of nitrogens with zero attached hydrogens (tertiary/aromatic N) is 3. The lowest BCUT2D eigenvalue weighted by Gasteiger charge is -2.34. The van der Waals surface area contributed by atoms with Crippen LogP contribution in [-0.4, -0.2) is 67.8 Å². The number of carbonyl (C=O) groups is 1. The minimum absolute atomic E-state index is 0.0940. The van der Waals surface area contributed by atoms with Crippen LogP contribution in [-0.2, 0) is 4.79 Å². The number of benzene rings is 1. The Morgan fingerprint density at radius 1 is 1.28 bits per heavy atom. The van der Waals surface area contributed by atoms with E-state index < -0.39 is 0 Å². The van der Waals surface area contributed by atoms with Gasteiger partial charge in [-0.1, -0.05) is 12.1 Å². The van der Waals surface area contributed by atoms with Crippen molar-refractivity contribution in [1.29, 1.82) is 0 Å². The lowest BCUT2D eigenvalue weighted by atomic mass is 9.97. The lowest BCUT2D eigenvalue weighted by Crippen LogP contribution is -2.45. The molecule has 0 saturated carbocycles. The fraction of sp³-hybridized carbons (Fsp3) is 0.579. The Hall–Kier alpha value is -1.95. The highest BCUT2D eigenvalue weighted by Gasteiger charge is 2.24. The summed E-state index contributed by atoms with van der Waals surface area (Å²) in [5.74, 6) is 0.606. The van der Waals surface area contributed by atoms with Gasteiger partial charge >= 0.3 is 0 Å². The van der Waals surface area contributed by atoms with Crippen LogP contribution < -0.4 is 4.74 Å². The molecular formula is C19H26FN3O2. The van der Waals surface area contributed by atoms with Crippen LogP contribution in [0.15, 0.2) is 29.3 Å². The minimum Gasteiger partial charge on any atom is -0.490 e. The SMILES string of the molecule is CN1C(=O)CN=CC1CCN1CCC(COc2ccccc2F)CC1. The summed E-state index contributed by atoms with van der Waals surface area (Å²) in [6.07, 6.45) is 4.93. The molecule has 1 saturated heterocycles. The summed E-state index contributed by atoms with van der Waals surface area (Å²) in [5.41, 5.74) is 0. The fourth-order valence-corrected chi connectivity index (χ4v) is 3.38. The van der Waals surface area contributed by atoms with Crippen LogP contribution in [0.4, 0.5) is 4.39 Å². The number of halogens is 1. The average Bonchev–Trinajstić information content (AvgIpc) is 2.63. The zero-order valence-electron chi connectivity index (χ0n) is 14.7. The molecule has 2 heterocycles. The Labute approximate surface area is 148 Å². The second-order valence-corrected chi connectivity index (χ2v) is 6.88. The Bertz CT molecular complexity index is 614. The molecule has 0 spiro atoms. The fourth-order valence-electron chi connectivity index (χ4n) is 3.38. The van der Waals surface area contributed by atoms with E-state index in [-0.39, 0.29) is 24.3 Å². The van der Waals surface area contributed by atoms with Crippen LogP contribution in [0.25, 0.3) is 0 Å². The second-order valence-electron chi connectivity index (χ2n) is 6.88. The topological polar surface area (TPSA) is 45.1 Å². The van der Waals surface area contributed by atoms with Crippen molar-refractivity contribution >= 4 is 12.1 Å². The Kier molecular flexibility index (Phi) is 6.02. The van der Waals surface area contributed by atoms with Crippen molar-refractivity contribution in [1.82, 2.24) is 9.80 Å². The molecule has 2 aliphatic rings. The Morgan fingerprint density at radius 2 is 2.04 bits per heavy atom. The van der Waals surface area contributed by atoms with Gasteiger partial charge in [-0.3, -0.25) is 9.79 Å². The van der Waals surface area contributed by atoms with Crippen LogP contribution in [0.5, 0.6) is 5.75 Å². The minimum atomic E-state index is -0.298. The standard InChI is InChI=1S/C19H26FN3O2/c1-22-16(12-21-13-19(22)24)8-11-23-9-6-15(7-10-23)14-25-18-5-3-2-4-17(18)20/h2-5,12,15-16H,6-11,13-14H2,1H3. The maximum atomic E-state index is 13.6. The van der Waals surface area contributed by atoms with Gasteiger partial charge in [0.05, 0.1) is 12.6 Å². The van der Waals surface area contributed by atoms with E-state index in [1.807, 2.05) is 13.3 Å². The molecule has 0 radical (unpaired) electrons. The molecule has 1 amide bonds. The second kappa shape index (κ2) is 8.43. The first-order valence-corrected chi connectivity index (χ1v) is 8.99. The van der Waals surface area contributed by atoms with Crippen molar-refractivity contribution in [3.63, 3.8) is 0 Å². The maximum Gasteiger partial charge on any atom is 0.244 e. The molecule has 1 aromatic rings. The zero-order valence-corrected chi connectivity index (χ0v) is 14.7. The van der Waals surface area contributed by atoms with Crippen molar-refractivity contribution in [3.05, 3.63) is 30.1 Å². The number of para-hydroxylation sites is 1. The summed E-state index contributed by atoms with van der Waals surface area (Å²) in [4.78, 5) is 20.0. The number of piperidine rings is 1. The number of likely N-dealkylation sites (N-methyl/N-ethyl adjacent to an activating group) is 1. The van der Waals surface area contributed by atoms with E-state index in [0.29, 0.717) is 18.3 Å². The summed E-state index contributed by atoms with van der Waals surface area (Å²) >= 11 is 0. The first-order chi connectivity index (χ1) is 12.1. The van der Waals surface area contributed by atoms with Crippen molar-refractivity contribution in [2.24, 2.45) is 10.9 Å². The highest BCUT2D eigenvalue weighted by Crippen LogP contribution is 2.21. The molecule has 2 aliphatic heterocycles. The number of likely N-dealkylation sites (tertiary alicyclic amines) is 1. The summed E-state index contributed by atoms with van der Waals surface area (Å²) in [6, 6.07) is 6.67. The number of hydrogen-bond acceptors (Lipinski definition) is 4. The molecule has 25 heavy (non-hydrogen) atoms. The molecule has 0 bridgehead atoms. The van der Waals surface area contributed by atoms with E-state index in [1.165, 1.54) is 6.07 Å². The van der Waals surface area contributed by atoms with E-state index in [9.17, 15) is 9.18 Å². The van der Waals surface area contributed by atoms with E-state index >= 15 is 0 Å². The number of rotatable bonds is 6. The van der Waals surface area contributed by atoms with Crippen molar-refractivity contribution in [2.75, 3.05) is 39.8 Å². The van der Waals surface area contributed by atoms with E-state index in [0.717, 1.165) is 38.9 Å². The van der Waals surface area contributed by atoms with Crippen molar-refractivity contribution in [2.45, 2.75) is 25.3 Å². The quantitative estimate of drug-likeness (QED) is 0.793. The number of hydrogen-bond donors (Lipinski definition) is 0. The molecule has 6 heteroatoms. The van der Waals surface area contributed by atoms with Gasteiger partial charge in [0.15, 0.2) is 11.6 Å². The lowest BCUT2D eigenvalue weighted by molar-refractivity contribution is -0.129. The average molecular weight is 347 g/mol. The normalized spacial score (nSPS) is 22.4. The Balaban J connectivity index is 1.37. The van der Waals surface area contributed by atoms with Crippen molar-refractivity contribution in [3.8, 4) is 5.75 Å². The largest absolute Gasteiger partial charge is 0.490 e.